The molecular weight excluding hydrogens is 274 g/mol. The number of nitrogens with zero attached hydrogens (tertiary/aromatic N) is 1. The quantitative estimate of drug-likeness (QED) is 0.477. The third kappa shape index (κ3) is 3.86. The van der Waals surface area contributed by atoms with Gasteiger partial charge in [0, 0.05) is 5.56 Å². The van der Waals surface area contributed by atoms with Crippen LogP contribution in [0.4, 0.5) is 0 Å². The topological polar surface area (TPSA) is 60.2 Å². The van der Waals surface area contributed by atoms with E-state index in [2.05, 4.69) is 0 Å². The maximum absolute atomic E-state index is 12.1. The van der Waals surface area contributed by atoms with Crippen LogP contribution in [0.25, 0.3) is 0 Å². The molecule has 0 aliphatic heterocycles. The van der Waals surface area contributed by atoms with Gasteiger partial charge < -0.3 is 0 Å². The fourth-order valence-electron chi connectivity index (χ4n) is 1.70. The number of benzene rings is 2. The highest BCUT2D eigenvalue weighted by Gasteiger charge is 2.15. The Bertz CT molecular complexity index is 587. The van der Waals surface area contributed by atoms with Crippen LogP contribution in [0.2, 0.25) is 0 Å². The Balaban J connectivity index is 2.16. The molecule has 0 aromatic heterocycles. The van der Waals surface area contributed by atoms with Crippen LogP contribution in [0, 0.1) is 16.7 Å². The van der Waals surface area contributed by atoms with Gasteiger partial charge in [0.25, 0.3) is 0 Å². The lowest BCUT2D eigenvalue weighted by Crippen LogP contribution is -2.06. The van der Waals surface area contributed by atoms with E-state index >= 15 is 0 Å². The molecule has 1 unspecified atom stereocenters. The second-order valence-electron chi connectivity index (χ2n) is 4.04. The molecule has 0 aliphatic rings. The average molecular weight is 286 g/mol. The van der Waals surface area contributed by atoms with Crippen LogP contribution in [-0.4, -0.2) is 10.0 Å². The van der Waals surface area contributed by atoms with E-state index in [1.165, 1.54) is 0 Å². The number of carbonyl (C=O) groups is 1. The molecule has 5 heteroatoms. The summed E-state index contributed by atoms with van der Waals surface area (Å²) in [7, 11) is 0. The second-order valence-corrected chi connectivity index (χ2v) is 5.15. The smallest absolute Gasteiger partial charge is 0.217 e. The summed E-state index contributed by atoms with van der Waals surface area (Å²) in [5.41, 5.74) is 1.27. The van der Waals surface area contributed by atoms with Crippen molar-refractivity contribution in [3.05, 3.63) is 88.4 Å². The Labute approximate surface area is 121 Å². The van der Waals surface area contributed by atoms with E-state index < -0.39 is 10.2 Å². The Hall–Kier alpha value is -2.27. The summed E-state index contributed by atoms with van der Waals surface area (Å²) in [5, 5.41) is 9.95. The van der Waals surface area contributed by atoms with Crippen molar-refractivity contribution in [3.8, 4) is 0 Å². The molecule has 0 fully saturated rings. The third-order valence-electron chi connectivity index (χ3n) is 2.63. The molecule has 20 heavy (non-hydrogen) atoms. The number of nitro groups is 1. The fourth-order valence-corrected chi connectivity index (χ4v) is 2.65. The minimum Gasteiger partial charge on any atom is -0.295 e. The van der Waals surface area contributed by atoms with Gasteiger partial charge in [0.05, 0.1) is 0 Å². The van der Waals surface area contributed by atoms with E-state index in [4.69, 9.17) is 0 Å². The summed E-state index contributed by atoms with van der Waals surface area (Å²) in [5.74, 6) is 0. The molecule has 1 atom stereocenters. The normalized spacial score (nSPS) is 11.6. The van der Waals surface area contributed by atoms with Gasteiger partial charge in [-0.2, -0.15) is 0 Å². The van der Waals surface area contributed by atoms with Crippen LogP contribution in [0.3, 0.4) is 0 Å². The van der Waals surface area contributed by atoms with Crippen LogP contribution in [0.5, 0.6) is 0 Å². The molecule has 2 rings (SSSR count). The van der Waals surface area contributed by atoms with Gasteiger partial charge in [0.1, 0.15) is 0 Å². The Morgan fingerprint density at radius 2 is 1.60 bits per heavy atom. The van der Waals surface area contributed by atoms with Crippen molar-refractivity contribution >= 4 is 16.9 Å². The molecule has 0 aliphatic carbocycles. The molecule has 0 spiro atoms. The van der Waals surface area contributed by atoms with E-state index in [1.54, 1.807) is 48.5 Å². The summed E-state index contributed by atoms with van der Waals surface area (Å²) in [6.07, 6.45) is 0. The number of hydrogen-bond donors (Lipinski definition) is 0. The molecule has 0 radical (unpaired) electrons. The first-order chi connectivity index (χ1) is 9.66. The first-order valence-corrected chi connectivity index (χ1v) is 6.84. The zero-order valence-corrected chi connectivity index (χ0v) is 11.3. The summed E-state index contributed by atoms with van der Waals surface area (Å²) in [4.78, 5) is 22.3. The standard InChI is InChI=1S/C15H12NO3S/c17-15(13-9-5-2-6-10-13)20-14(11-16(18)19)12-7-3-1-4-8-12/h1-11,14H/q-1. The number of hydrogen-bond acceptors (Lipinski definition) is 4. The van der Waals surface area contributed by atoms with Crippen molar-refractivity contribution in [2.45, 2.75) is 5.25 Å². The van der Waals surface area contributed by atoms with Crippen LogP contribution in [0.1, 0.15) is 21.2 Å². The highest BCUT2D eigenvalue weighted by Crippen LogP contribution is 2.33. The van der Waals surface area contributed by atoms with Crippen molar-refractivity contribution in [2.24, 2.45) is 0 Å². The van der Waals surface area contributed by atoms with Crippen LogP contribution >= 0.6 is 11.8 Å². The monoisotopic (exact) mass is 286 g/mol. The molecule has 0 saturated heterocycles. The zero-order valence-electron chi connectivity index (χ0n) is 10.5. The van der Waals surface area contributed by atoms with Crippen molar-refractivity contribution in [3.63, 3.8) is 0 Å². The number of rotatable bonds is 5. The van der Waals surface area contributed by atoms with E-state index in [9.17, 15) is 14.9 Å². The summed E-state index contributed by atoms with van der Waals surface area (Å²) < 4.78 is 0. The minimum absolute atomic E-state index is 0.183. The summed E-state index contributed by atoms with van der Waals surface area (Å²) in [6, 6.07) is 17.7. The molecule has 0 heterocycles. The zero-order chi connectivity index (χ0) is 14.4. The van der Waals surface area contributed by atoms with Gasteiger partial charge in [-0.3, -0.25) is 14.9 Å². The average Bonchev–Trinajstić information content (AvgIpc) is 2.48. The predicted octanol–water partition coefficient (Wildman–Crippen LogP) is 3.74. The van der Waals surface area contributed by atoms with Crippen molar-refractivity contribution < 1.29 is 9.72 Å². The molecule has 2 aromatic carbocycles. The van der Waals surface area contributed by atoms with Crippen molar-refractivity contribution in [1.29, 1.82) is 0 Å². The number of carbonyl (C=O) groups excluding carboxylic acids is 1. The van der Waals surface area contributed by atoms with E-state index in [0.717, 1.165) is 23.9 Å². The molecular formula is C15H12NO3S-. The molecule has 0 N–H and O–H groups in total. The number of thioether (sulfide) groups is 1. The van der Waals surface area contributed by atoms with Gasteiger partial charge >= 0.3 is 0 Å². The van der Waals surface area contributed by atoms with Crippen LogP contribution < -0.4 is 0 Å². The summed E-state index contributed by atoms with van der Waals surface area (Å²) in [6.45, 7) is 0.945. The van der Waals surface area contributed by atoms with E-state index in [0.29, 0.717) is 5.56 Å². The Morgan fingerprint density at radius 1 is 1.05 bits per heavy atom. The lowest BCUT2D eigenvalue weighted by atomic mass is 10.1. The predicted molar refractivity (Wildman–Crippen MR) is 78.8 cm³/mol. The third-order valence-corrected chi connectivity index (χ3v) is 3.73. The van der Waals surface area contributed by atoms with Gasteiger partial charge in [-0.1, -0.05) is 78.0 Å². The lowest BCUT2D eigenvalue weighted by molar-refractivity contribution is -0.437. The SMILES string of the molecule is O=C(SC([CH-][N+](=O)[O-])c1ccccc1)c1ccccc1. The molecule has 2 aromatic rings. The van der Waals surface area contributed by atoms with Gasteiger partial charge in [0.15, 0.2) is 0 Å². The highest BCUT2D eigenvalue weighted by atomic mass is 32.2. The van der Waals surface area contributed by atoms with Gasteiger partial charge in [0.2, 0.25) is 5.12 Å². The van der Waals surface area contributed by atoms with Crippen LogP contribution in [0.15, 0.2) is 60.7 Å². The summed E-state index contributed by atoms with van der Waals surface area (Å²) >= 11 is 0.943. The van der Waals surface area contributed by atoms with Crippen molar-refractivity contribution in [1.82, 2.24) is 0 Å². The molecule has 0 amide bonds. The minimum atomic E-state index is -0.598. The lowest BCUT2D eigenvalue weighted by Gasteiger charge is -2.19. The molecule has 0 bridgehead atoms. The molecule has 4 nitrogen and oxygen atoms in total. The van der Waals surface area contributed by atoms with Crippen LogP contribution in [-0.2, 0) is 0 Å². The maximum atomic E-state index is 12.1. The largest absolute Gasteiger partial charge is 0.295 e. The van der Waals surface area contributed by atoms with Gasteiger partial charge in [-0.15, -0.1) is 4.92 Å². The van der Waals surface area contributed by atoms with Crippen molar-refractivity contribution in [2.75, 3.05) is 0 Å². The van der Waals surface area contributed by atoms with E-state index in [-0.39, 0.29) is 5.12 Å². The first kappa shape index (κ1) is 14.1. The highest BCUT2D eigenvalue weighted by molar-refractivity contribution is 8.14. The Kier molecular flexibility index (Phi) is 4.79. The van der Waals surface area contributed by atoms with Gasteiger partial charge in [-0.25, -0.2) is 0 Å². The molecule has 0 saturated carbocycles. The first-order valence-electron chi connectivity index (χ1n) is 5.96. The molecule has 102 valence electrons. The van der Waals surface area contributed by atoms with Gasteiger partial charge in [-0.05, 0) is 11.8 Å². The fraction of sp³-hybridized carbons (Fsp3) is 0.0667. The second kappa shape index (κ2) is 6.77. The maximum Gasteiger partial charge on any atom is 0.217 e. The van der Waals surface area contributed by atoms with E-state index in [1.807, 2.05) is 12.1 Å². The Morgan fingerprint density at radius 3 is 2.15 bits per heavy atom.